The lowest BCUT2D eigenvalue weighted by Crippen LogP contribution is -2.07. The minimum Gasteiger partial charge on any atom is -0.354 e. The second-order valence-corrected chi connectivity index (χ2v) is 4.98. The van der Waals surface area contributed by atoms with E-state index in [1.54, 1.807) is 11.3 Å². The van der Waals surface area contributed by atoms with Crippen LogP contribution < -0.4 is 4.90 Å². The van der Waals surface area contributed by atoms with Gasteiger partial charge in [0.15, 0.2) is 5.13 Å². The number of thiazole rings is 1. The van der Waals surface area contributed by atoms with E-state index in [1.165, 1.54) is 4.88 Å². The molecule has 14 heavy (non-hydrogen) atoms. The fourth-order valence-electron chi connectivity index (χ4n) is 1.53. The molecule has 0 N–H and O–H groups in total. The van der Waals surface area contributed by atoms with Crippen molar-refractivity contribution in [3.63, 3.8) is 0 Å². The average molecular weight is 207 g/mol. The number of hydrogen-bond donors (Lipinski definition) is 0. The lowest BCUT2D eigenvalue weighted by Gasteiger charge is -2.05. The number of aryl methyl sites for hydroxylation is 1. The number of nitriles is 1. The van der Waals surface area contributed by atoms with Gasteiger partial charge in [-0.3, -0.25) is 0 Å². The Balaban J connectivity index is 2.41. The van der Waals surface area contributed by atoms with Gasteiger partial charge in [-0.05, 0) is 19.8 Å². The molecular weight excluding hydrogens is 194 g/mol. The van der Waals surface area contributed by atoms with E-state index < -0.39 is 0 Å². The summed E-state index contributed by atoms with van der Waals surface area (Å²) in [6.07, 6.45) is 2.00. The topological polar surface area (TPSA) is 39.9 Å². The summed E-state index contributed by atoms with van der Waals surface area (Å²) in [7, 11) is 3.96. The van der Waals surface area contributed by atoms with Crippen LogP contribution in [-0.2, 0) is 5.41 Å². The van der Waals surface area contributed by atoms with Crippen molar-refractivity contribution < 1.29 is 0 Å². The second kappa shape index (κ2) is 2.96. The van der Waals surface area contributed by atoms with Gasteiger partial charge in [0.2, 0.25) is 0 Å². The standard InChI is InChI=1S/C10H13N3S/c1-7-8(10(6-11)4-5-10)14-9(12-7)13(2)3/h4-5H2,1-3H3. The molecule has 1 aromatic rings. The first-order chi connectivity index (χ1) is 6.59. The number of rotatable bonds is 2. The molecule has 0 unspecified atom stereocenters. The summed E-state index contributed by atoms with van der Waals surface area (Å²) in [6.45, 7) is 2.00. The first-order valence-corrected chi connectivity index (χ1v) is 5.47. The van der Waals surface area contributed by atoms with Gasteiger partial charge in [0, 0.05) is 19.0 Å². The zero-order valence-electron chi connectivity index (χ0n) is 8.66. The molecule has 4 heteroatoms. The molecule has 1 heterocycles. The summed E-state index contributed by atoms with van der Waals surface area (Å²) in [5.41, 5.74) is 0.841. The third kappa shape index (κ3) is 1.28. The maximum atomic E-state index is 9.10. The zero-order chi connectivity index (χ0) is 10.3. The first kappa shape index (κ1) is 9.47. The van der Waals surface area contributed by atoms with E-state index in [-0.39, 0.29) is 5.41 Å². The molecule has 2 rings (SSSR count). The van der Waals surface area contributed by atoms with Gasteiger partial charge in [-0.1, -0.05) is 11.3 Å². The Morgan fingerprint density at radius 1 is 1.50 bits per heavy atom. The van der Waals surface area contributed by atoms with E-state index in [1.807, 2.05) is 25.9 Å². The molecule has 0 amide bonds. The highest BCUT2D eigenvalue weighted by Crippen LogP contribution is 2.51. The van der Waals surface area contributed by atoms with Crippen LogP contribution >= 0.6 is 11.3 Å². The van der Waals surface area contributed by atoms with Crippen LogP contribution in [0.2, 0.25) is 0 Å². The number of nitrogens with zero attached hydrogens (tertiary/aromatic N) is 3. The summed E-state index contributed by atoms with van der Waals surface area (Å²) >= 11 is 1.65. The molecule has 0 atom stereocenters. The molecule has 0 saturated heterocycles. The third-order valence-electron chi connectivity index (χ3n) is 2.57. The molecule has 1 aliphatic rings. The predicted octanol–water partition coefficient (Wildman–Crippen LogP) is 2.07. The number of hydrogen-bond acceptors (Lipinski definition) is 4. The Kier molecular flexibility index (Phi) is 2.00. The van der Waals surface area contributed by atoms with Crippen LogP contribution in [0.15, 0.2) is 0 Å². The SMILES string of the molecule is Cc1nc(N(C)C)sc1C1(C#N)CC1. The summed E-state index contributed by atoms with van der Waals surface area (Å²) in [6, 6.07) is 2.41. The Morgan fingerprint density at radius 3 is 2.50 bits per heavy atom. The molecule has 0 spiro atoms. The lowest BCUT2D eigenvalue weighted by molar-refractivity contribution is 0.913. The minimum atomic E-state index is -0.185. The monoisotopic (exact) mass is 207 g/mol. The van der Waals surface area contributed by atoms with Gasteiger partial charge < -0.3 is 4.90 Å². The van der Waals surface area contributed by atoms with Gasteiger partial charge in [-0.15, -0.1) is 0 Å². The zero-order valence-corrected chi connectivity index (χ0v) is 9.48. The Labute approximate surface area is 88.0 Å². The van der Waals surface area contributed by atoms with Crippen molar-refractivity contribution >= 4 is 16.5 Å². The van der Waals surface area contributed by atoms with Crippen LogP contribution in [-0.4, -0.2) is 19.1 Å². The maximum absolute atomic E-state index is 9.10. The van der Waals surface area contributed by atoms with Crippen LogP contribution in [0.4, 0.5) is 5.13 Å². The summed E-state index contributed by atoms with van der Waals surface area (Å²) in [5.74, 6) is 0. The maximum Gasteiger partial charge on any atom is 0.185 e. The third-order valence-corrected chi connectivity index (χ3v) is 4.10. The number of aromatic nitrogens is 1. The van der Waals surface area contributed by atoms with Crippen LogP contribution in [0.5, 0.6) is 0 Å². The van der Waals surface area contributed by atoms with Crippen molar-refractivity contribution in [2.75, 3.05) is 19.0 Å². The van der Waals surface area contributed by atoms with Gasteiger partial charge in [0.05, 0.1) is 17.2 Å². The van der Waals surface area contributed by atoms with Crippen molar-refractivity contribution in [2.45, 2.75) is 25.2 Å². The van der Waals surface area contributed by atoms with E-state index in [2.05, 4.69) is 11.1 Å². The predicted molar refractivity (Wildman–Crippen MR) is 57.7 cm³/mol. The van der Waals surface area contributed by atoms with Crippen LogP contribution in [0.25, 0.3) is 0 Å². The minimum absolute atomic E-state index is 0.185. The fraction of sp³-hybridized carbons (Fsp3) is 0.600. The van der Waals surface area contributed by atoms with Crippen molar-refractivity contribution in [3.05, 3.63) is 10.6 Å². The first-order valence-electron chi connectivity index (χ1n) is 4.65. The van der Waals surface area contributed by atoms with Gasteiger partial charge >= 0.3 is 0 Å². The van der Waals surface area contributed by atoms with Crippen molar-refractivity contribution in [3.8, 4) is 6.07 Å². The largest absolute Gasteiger partial charge is 0.354 e. The molecule has 1 aromatic heterocycles. The van der Waals surface area contributed by atoms with Gasteiger partial charge in [-0.2, -0.15) is 5.26 Å². The quantitative estimate of drug-likeness (QED) is 0.745. The van der Waals surface area contributed by atoms with Crippen LogP contribution in [0, 0.1) is 18.3 Å². The van der Waals surface area contributed by atoms with Crippen LogP contribution in [0.3, 0.4) is 0 Å². The van der Waals surface area contributed by atoms with E-state index in [9.17, 15) is 0 Å². The fourth-order valence-corrected chi connectivity index (χ4v) is 2.72. The molecule has 1 aliphatic carbocycles. The molecule has 0 aliphatic heterocycles. The molecular formula is C10H13N3S. The van der Waals surface area contributed by atoms with E-state index >= 15 is 0 Å². The number of anilines is 1. The molecule has 0 aromatic carbocycles. The van der Waals surface area contributed by atoms with E-state index in [0.717, 1.165) is 23.7 Å². The molecule has 0 bridgehead atoms. The molecule has 3 nitrogen and oxygen atoms in total. The summed E-state index contributed by atoms with van der Waals surface area (Å²) in [4.78, 5) is 7.62. The highest BCUT2D eigenvalue weighted by Gasteiger charge is 2.47. The highest BCUT2D eigenvalue weighted by molar-refractivity contribution is 7.16. The Hall–Kier alpha value is -1.08. The summed E-state index contributed by atoms with van der Waals surface area (Å²) in [5, 5.41) is 10.1. The molecule has 1 saturated carbocycles. The Morgan fingerprint density at radius 2 is 2.14 bits per heavy atom. The van der Waals surface area contributed by atoms with Gasteiger partial charge in [0.1, 0.15) is 0 Å². The lowest BCUT2D eigenvalue weighted by atomic mass is 10.1. The highest BCUT2D eigenvalue weighted by atomic mass is 32.1. The average Bonchev–Trinajstić information content (AvgIpc) is 2.84. The molecule has 1 fully saturated rings. The van der Waals surface area contributed by atoms with E-state index in [0.29, 0.717) is 0 Å². The summed E-state index contributed by atoms with van der Waals surface area (Å²) < 4.78 is 0. The normalized spacial score (nSPS) is 17.6. The van der Waals surface area contributed by atoms with Crippen molar-refractivity contribution in [1.82, 2.24) is 4.98 Å². The smallest absolute Gasteiger partial charge is 0.185 e. The van der Waals surface area contributed by atoms with Gasteiger partial charge in [-0.25, -0.2) is 4.98 Å². The van der Waals surface area contributed by atoms with Gasteiger partial charge in [0.25, 0.3) is 0 Å². The molecule has 0 radical (unpaired) electrons. The second-order valence-electron chi connectivity index (χ2n) is 4.00. The molecule has 74 valence electrons. The van der Waals surface area contributed by atoms with Crippen molar-refractivity contribution in [1.29, 1.82) is 5.26 Å². The Bertz CT molecular complexity index is 396. The van der Waals surface area contributed by atoms with E-state index in [4.69, 9.17) is 5.26 Å². The van der Waals surface area contributed by atoms with Crippen LogP contribution in [0.1, 0.15) is 23.4 Å². The van der Waals surface area contributed by atoms with Crippen molar-refractivity contribution in [2.24, 2.45) is 0 Å².